The molecular formula is C14H15N3O3. The summed E-state index contributed by atoms with van der Waals surface area (Å²) in [6.45, 7) is 3.46. The quantitative estimate of drug-likeness (QED) is 0.892. The first kappa shape index (κ1) is 12.0. The van der Waals surface area contributed by atoms with Crippen molar-refractivity contribution in [2.75, 3.05) is 19.8 Å². The fraction of sp³-hybridized carbons (Fsp3) is 0.429. The summed E-state index contributed by atoms with van der Waals surface area (Å²) in [4.78, 5) is 4.47. The van der Waals surface area contributed by atoms with Crippen molar-refractivity contribution in [3.63, 3.8) is 0 Å². The fourth-order valence-corrected chi connectivity index (χ4v) is 2.53. The minimum absolute atomic E-state index is 0.0130. The van der Waals surface area contributed by atoms with Gasteiger partial charge in [0.2, 0.25) is 0 Å². The minimum Gasteiger partial charge on any atom is -0.378 e. The summed E-state index contributed by atoms with van der Waals surface area (Å²) in [6, 6.07) is 6.13. The van der Waals surface area contributed by atoms with Gasteiger partial charge in [0.05, 0.1) is 32.5 Å². The van der Waals surface area contributed by atoms with Crippen LogP contribution in [0.15, 0.2) is 22.7 Å². The average Bonchev–Trinajstić information content (AvgIpc) is 3.16. The molecule has 4 rings (SSSR count). The summed E-state index contributed by atoms with van der Waals surface area (Å²) in [5, 5.41) is 7.36. The highest BCUT2D eigenvalue weighted by atomic mass is 16.5. The lowest BCUT2D eigenvalue weighted by molar-refractivity contribution is 0.0734. The Hall–Kier alpha value is -1.76. The SMILES string of the molecule is c1cc2c(cc1-c1nc(C3COCCN3)no1)COC2. The van der Waals surface area contributed by atoms with E-state index in [1.807, 2.05) is 6.07 Å². The van der Waals surface area contributed by atoms with E-state index in [0.717, 1.165) is 18.7 Å². The third kappa shape index (κ3) is 2.11. The number of aromatic nitrogens is 2. The fourth-order valence-electron chi connectivity index (χ4n) is 2.53. The molecule has 0 radical (unpaired) electrons. The first-order valence-corrected chi connectivity index (χ1v) is 6.75. The molecule has 2 aromatic rings. The smallest absolute Gasteiger partial charge is 0.257 e. The van der Waals surface area contributed by atoms with Crippen molar-refractivity contribution in [1.82, 2.24) is 15.5 Å². The lowest BCUT2D eigenvalue weighted by atomic mass is 10.1. The second-order valence-electron chi connectivity index (χ2n) is 5.02. The lowest BCUT2D eigenvalue weighted by Crippen LogP contribution is -2.35. The Balaban J connectivity index is 1.61. The summed E-state index contributed by atoms with van der Waals surface area (Å²) in [5.41, 5.74) is 3.36. The topological polar surface area (TPSA) is 69.4 Å². The van der Waals surface area contributed by atoms with E-state index >= 15 is 0 Å². The molecule has 2 aliphatic heterocycles. The standard InChI is InChI=1S/C14H15N3O3/c1-2-10-6-19-7-11(10)5-9(1)14-16-13(17-20-14)12-8-18-4-3-15-12/h1-2,5,12,15H,3-4,6-8H2. The average molecular weight is 273 g/mol. The zero-order valence-corrected chi connectivity index (χ0v) is 11.0. The number of rotatable bonds is 2. The summed E-state index contributed by atoms with van der Waals surface area (Å²) >= 11 is 0. The molecule has 1 aromatic heterocycles. The Labute approximate surface area is 116 Å². The van der Waals surface area contributed by atoms with Gasteiger partial charge < -0.3 is 19.3 Å². The van der Waals surface area contributed by atoms with Gasteiger partial charge in [0, 0.05) is 12.1 Å². The molecule has 6 nitrogen and oxygen atoms in total. The van der Waals surface area contributed by atoms with Gasteiger partial charge in [0.25, 0.3) is 5.89 Å². The van der Waals surface area contributed by atoms with Crippen LogP contribution in [-0.4, -0.2) is 29.9 Å². The molecule has 0 bridgehead atoms. The largest absolute Gasteiger partial charge is 0.378 e. The monoisotopic (exact) mass is 273 g/mol. The summed E-state index contributed by atoms with van der Waals surface area (Å²) in [5.74, 6) is 1.19. The third-order valence-electron chi connectivity index (χ3n) is 3.64. The third-order valence-corrected chi connectivity index (χ3v) is 3.64. The van der Waals surface area contributed by atoms with Gasteiger partial charge in [-0.3, -0.25) is 0 Å². The van der Waals surface area contributed by atoms with Gasteiger partial charge in [-0.15, -0.1) is 0 Å². The Morgan fingerprint density at radius 2 is 2.10 bits per heavy atom. The van der Waals surface area contributed by atoms with E-state index in [-0.39, 0.29) is 6.04 Å². The first-order valence-electron chi connectivity index (χ1n) is 6.75. The zero-order valence-electron chi connectivity index (χ0n) is 11.0. The van der Waals surface area contributed by atoms with Crippen LogP contribution in [0, 0.1) is 0 Å². The van der Waals surface area contributed by atoms with E-state index in [4.69, 9.17) is 14.0 Å². The van der Waals surface area contributed by atoms with E-state index in [1.54, 1.807) is 0 Å². The van der Waals surface area contributed by atoms with Crippen LogP contribution in [0.3, 0.4) is 0 Å². The van der Waals surface area contributed by atoms with Crippen LogP contribution in [0.1, 0.15) is 23.0 Å². The van der Waals surface area contributed by atoms with Gasteiger partial charge in [-0.1, -0.05) is 11.2 Å². The molecule has 0 spiro atoms. The van der Waals surface area contributed by atoms with Crippen LogP contribution >= 0.6 is 0 Å². The number of nitrogens with one attached hydrogen (secondary N) is 1. The zero-order chi connectivity index (χ0) is 13.4. The summed E-state index contributed by atoms with van der Waals surface area (Å²) in [6.07, 6.45) is 0. The molecule has 104 valence electrons. The molecule has 6 heteroatoms. The van der Waals surface area contributed by atoms with Crippen molar-refractivity contribution in [2.24, 2.45) is 0 Å². The minimum atomic E-state index is 0.0130. The lowest BCUT2D eigenvalue weighted by Gasteiger charge is -2.20. The van der Waals surface area contributed by atoms with E-state index < -0.39 is 0 Å². The van der Waals surface area contributed by atoms with Gasteiger partial charge in [-0.2, -0.15) is 4.98 Å². The van der Waals surface area contributed by atoms with E-state index in [1.165, 1.54) is 11.1 Å². The Morgan fingerprint density at radius 1 is 1.15 bits per heavy atom. The normalized spacial score (nSPS) is 21.9. The number of hydrogen-bond acceptors (Lipinski definition) is 6. The molecule has 20 heavy (non-hydrogen) atoms. The Bertz CT molecular complexity index is 620. The molecule has 0 saturated carbocycles. The van der Waals surface area contributed by atoms with Crippen molar-refractivity contribution in [3.8, 4) is 11.5 Å². The van der Waals surface area contributed by atoms with Crippen LogP contribution in [0.4, 0.5) is 0 Å². The molecule has 0 amide bonds. The van der Waals surface area contributed by atoms with E-state index in [9.17, 15) is 0 Å². The maximum Gasteiger partial charge on any atom is 0.257 e. The second-order valence-corrected chi connectivity index (χ2v) is 5.02. The number of nitrogens with zero attached hydrogens (tertiary/aromatic N) is 2. The molecular weight excluding hydrogens is 258 g/mol. The molecule has 1 aromatic carbocycles. The van der Waals surface area contributed by atoms with Crippen LogP contribution in [0.25, 0.3) is 11.5 Å². The van der Waals surface area contributed by atoms with Crippen molar-refractivity contribution in [1.29, 1.82) is 0 Å². The van der Waals surface area contributed by atoms with Gasteiger partial charge in [-0.05, 0) is 23.3 Å². The van der Waals surface area contributed by atoms with Crippen molar-refractivity contribution >= 4 is 0 Å². The maximum absolute atomic E-state index is 5.41. The highest BCUT2D eigenvalue weighted by molar-refractivity contribution is 5.56. The van der Waals surface area contributed by atoms with E-state index in [0.29, 0.717) is 31.5 Å². The number of hydrogen-bond donors (Lipinski definition) is 1. The molecule has 1 N–H and O–H groups in total. The van der Waals surface area contributed by atoms with Crippen LogP contribution in [0.2, 0.25) is 0 Å². The highest BCUT2D eigenvalue weighted by Crippen LogP contribution is 2.26. The highest BCUT2D eigenvalue weighted by Gasteiger charge is 2.22. The van der Waals surface area contributed by atoms with Crippen molar-refractivity contribution in [3.05, 3.63) is 35.2 Å². The van der Waals surface area contributed by atoms with Crippen LogP contribution in [-0.2, 0) is 22.7 Å². The van der Waals surface area contributed by atoms with Gasteiger partial charge in [-0.25, -0.2) is 0 Å². The molecule has 1 atom stereocenters. The van der Waals surface area contributed by atoms with Gasteiger partial charge in [0.15, 0.2) is 5.82 Å². The number of morpholine rings is 1. The van der Waals surface area contributed by atoms with Crippen LogP contribution < -0.4 is 5.32 Å². The molecule has 1 saturated heterocycles. The molecule has 1 unspecified atom stereocenters. The molecule has 2 aliphatic rings. The van der Waals surface area contributed by atoms with E-state index in [2.05, 4.69) is 27.6 Å². The Morgan fingerprint density at radius 3 is 3.00 bits per heavy atom. The molecule has 0 aliphatic carbocycles. The van der Waals surface area contributed by atoms with Gasteiger partial charge in [0.1, 0.15) is 0 Å². The number of benzene rings is 1. The number of ether oxygens (including phenoxy) is 2. The number of fused-ring (bicyclic) bond motifs is 1. The molecule has 1 fully saturated rings. The Kier molecular flexibility index (Phi) is 2.99. The predicted molar refractivity (Wildman–Crippen MR) is 69.8 cm³/mol. The predicted octanol–water partition coefficient (Wildman–Crippen LogP) is 1.43. The van der Waals surface area contributed by atoms with Crippen LogP contribution in [0.5, 0.6) is 0 Å². The molecule has 3 heterocycles. The first-order chi connectivity index (χ1) is 9.90. The van der Waals surface area contributed by atoms with Crippen molar-refractivity contribution in [2.45, 2.75) is 19.3 Å². The summed E-state index contributed by atoms with van der Waals surface area (Å²) < 4.78 is 16.2. The summed E-state index contributed by atoms with van der Waals surface area (Å²) in [7, 11) is 0. The maximum atomic E-state index is 5.41. The second kappa shape index (κ2) is 4.97. The van der Waals surface area contributed by atoms with Crippen molar-refractivity contribution < 1.29 is 14.0 Å². The van der Waals surface area contributed by atoms with Gasteiger partial charge >= 0.3 is 0 Å².